The van der Waals surface area contributed by atoms with E-state index in [1.165, 1.54) is 11.8 Å². The molecule has 9 nitrogen and oxygen atoms in total. The summed E-state index contributed by atoms with van der Waals surface area (Å²) < 4.78 is 5.39. The third-order valence-electron chi connectivity index (χ3n) is 6.84. The van der Waals surface area contributed by atoms with Crippen LogP contribution in [0.4, 0.5) is 10.5 Å². The van der Waals surface area contributed by atoms with Gasteiger partial charge in [-0.3, -0.25) is 14.6 Å². The molecule has 10 heteroatoms. The van der Waals surface area contributed by atoms with Gasteiger partial charge in [-0.25, -0.2) is 4.79 Å². The molecule has 42 heavy (non-hydrogen) atoms. The zero-order chi connectivity index (χ0) is 30.0. The molecule has 1 aliphatic heterocycles. The zero-order valence-corrected chi connectivity index (χ0v) is 24.8. The van der Waals surface area contributed by atoms with Crippen molar-refractivity contribution in [3.05, 3.63) is 77.4 Å². The summed E-state index contributed by atoms with van der Waals surface area (Å²) in [6.45, 7) is 8.29. The van der Waals surface area contributed by atoms with Crippen LogP contribution in [0.1, 0.15) is 42.3 Å². The number of anilines is 1. The van der Waals surface area contributed by atoms with Gasteiger partial charge in [0.1, 0.15) is 5.60 Å². The second kappa shape index (κ2) is 11.7. The molecule has 0 saturated carbocycles. The van der Waals surface area contributed by atoms with Gasteiger partial charge in [-0.1, -0.05) is 54.2 Å². The van der Waals surface area contributed by atoms with E-state index < -0.39 is 17.6 Å². The van der Waals surface area contributed by atoms with Crippen molar-refractivity contribution in [3.63, 3.8) is 0 Å². The molecule has 3 amide bonds. The lowest BCUT2D eigenvalue weighted by Crippen LogP contribution is -2.32. The molecule has 3 aromatic carbocycles. The van der Waals surface area contributed by atoms with Gasteiger partial charge in [0.15, 0.2) is 5.04 Å². The molecule has 0 spiro atoms. The smallest absolute Gasteiger partial charge is 0.407 e. The molecule has 1 aliphatic rings. The minimum Gasteiger partial charge on any atom is -0.444 e. The van der Waals surface area contributed by atoms with Crippen molar-refractivity contribution >= 4 is 51.3 Å². The number of H-pyrrole nitrogens is 1. The van der Waals surface area contributed by atoms with Crippen LogP contribution in [0.3, 0.4) is 0 Å². The van der Waals surface area contributed by atoms with Crippen molar-refractivity contribution in [2.24, 2.45) is 10.7 Å². The average molecular weight is 584 g/mol. The highest BCUT2D eigenvalue weighted by Gasteiger charge is 2.21. The lowest BCUT2D eigenvalue weighted by molar-refractivity contribution is -0.110. The number of rotatable bonds is 7. The Morgan fingerprint density at radius 3 is 2.50 bits per heavy atom. The number of hydrogen-bond acceptors (Lipinski definition) is 6. The third-order valence-corrected chi connectivity index (χ3v) is 7.82. The Morgan fingerprint density at radius 1 is 1.02 bits per heavy atom. The number of carbonyl (C=O) groups is 3. The predicted molar refractivity (Wildman–Crippen MR) is 169 cm³/mol. The Kier molecular flexibility index (Phi) is 8.08. The number of carbonyl (C=O) groups excluding carboxylic acids is 3. The minimum absolute atomic E-state index is 0.215. The van der Waals surface area contributed by atoms with E-state index in [0.717, 1.165) is 44.7 Å². The highest BCUT2D eigenvalue weighted by molar-refractivity contribution is 8.16. The van der Waals surface area contributed by atoms with Crippen LogP contribution in [0.25, 0.3) is 33.3 Å². The number of ether oxygens (including phenoxy) is 1. The molecule has 0 fully saturated rings. The second-order valence-corrected chi connectivity index (χ2v) is 12.1. The van der Waals surface area contributed by atoms with Crippen LogP contribution < -0.4 is 16.4 Å². The SMILES string of the molecule is Cc1c(NC(=O)C2=NCCS2)cccc1-c1ccc(C(N)=O)c2[nH]c(-c3ccccc3CNC(=O)OC(C)(C)C)cc12. The molecule has 0 saturated heterocycles. The van der Waals surface area contributed by atoms with E-state index in [1.807, 2.05) is 82.3 Å². The highest BCUT2D eigenvalue weighted by Crippen LogP contribution is 2.38. The van der Waals surface area contributed by atoms with Crippen molar-refractivity contribution in [3.8, 4) is 22.4 Å². The fraction of sp³-hybridized carbons (Fsp3) is 0.250. The topological polar surface area (TPSA) is 139 Å². The van der Waals surface area contributed by atoms with E-state index >= 15 is 0 Å². The van der Waals surface area contributed by atoms with Gasteiger partial charge in [0.05, 0.1) is 11.1 Å². The number of alkyl carbamates (subject to hydrolysis) is 1. The fourth-order valence-corrected chi connectivity index (χ4v) is 5.68. The molecule has 216 valence electrons. The second-order valence-electron chi connectivity index (χ2n) is 11.0. The van der Waals surface area contributed by atoms with Gasteiger partial charge in [-0.05, 0) is 68.1 Å². The Morgan fingerprint density at radius 2 is 1.79 bits per heavy atom. The number of primary amides is 1. The number of aliphatic imine (C=N–C) groups is 1. The lowest BCUT2D eigenvalue weighted by atomic mass is 9.94. The van der Waals surface area contributed by atoms with Crippen LogP contribution in [0.5, 0.6) is 0 Å². The number of fused-ring (bicyclic) bond motifs is 1. The van der Waals surface area contributed by atoms with E-state index in [1.54, 1.807) is 6.07 Å². The van der Waals surface area contributed by atoms with Gasteiger partial charge in [-0.2, -0.15) is 0 Å². The Balaban J connectivity index is 1.54. The van der Waals surface area contributed by atoms with Gasteiger partial charge in [0.2, 0.25) is 0 Å². The summed E-state index contributed by atoms with van der Waals surface area (Å²) >= 11 is 1.45. The van der Waals surface area contributed by atoms with Gasteiger partial charge >= 0.3 is 6.09 Å². The Labute approximate surface area is 248 Å². The standard InChI is InChI=1S/C32H33N5O4S/c1-18-20(10-7-11-25(18)37-29(39)30-34-14-15-42-30)22-12-13-23(28(33)38)27-24(22)16-26(36-27)21-9-6-5-8-19(21)17-35-31(40)41-32(2,3)4/h5-13,16,36H,14-15,17H2,1-4H3,(H2,33,38)(H,35,40)(H,37,39). The molecule has 0 atom stereocenters. The van der Waals surface area contributed by atoms with E-state index in [9.17, 15) is 14.4 Å². The van der Waals surface area contributed by atoms with Gasteiger partial charge < -0.3 is 26.1 Å². The first-order valence-corrected chi connectivity index (χ1v) is 14.6. The highest BCUT2D eigenvalue weighted by atomic mass is 32.2. The van der Waals surface area contributed by atoms with E-state index in [2.05, 4.69) is 20.6 Å². The summed E-state index contributed by atoms with van der Waals surface area (Å²) in [4.78, 5) is 45.2. The summed E-state index contributed by atoms with van der Waals surface area (Å²) in [5.74, 6) is 0.0435. The van der Waals surface area contributed by atoms with Crippen molar-refractivity contribution < 1.29 is 19.1 Å². The molecule has 4 aromatic rings. The molecule has 5 N–H and O–H groups in total. The maximum Gasteiger partial charge on any atom is 0.407 e. The fourth-order valence-electron chi connectivity index (χ4n) is 4.93. The number of aromatic amines is 1. The van der Waals surface area contributed by atoms with E-state index in [-0.39, 0.29) is 12.5 Å². The van der Waals surface area contributed by atoms with Gasteiger partial charge in [0, 0.05) is 41.2 Å². The summed E-state index contributed by atoms with van der Waals surface area (Å²) in [5, 5.41) is 7.11. The Hall–Kier alpha value is -4.57. The van der Waals surface area contributed by atoms with Crippen LogP contribution in [-0.2, 0) is 16.1 Å². The first kappa shape index (κ1) is 28.9. The molecule has 0 bridgehead atoms. The molecular weight excluding hydrogens is 550 g/mol. The number of aromatic nitrogens is 1. The molecular formula is C32H33N5O4S. The lowest BCUT2D eigenvalue weighted by Gasteiger charge is -2.20. The van der Waals surface area contributed by atoms with E-state index in [4.69, 9.17) is 10.5 Å². The number of nitrogens with zero attached hydrogens (tertiary/aromatic N) is 1. The molecule has 2 heterocycles. The molecule has 0 radical (unpaired) electrons. The maximum atomic E-state index is 12.7. The van der Waals surface area contributed by atoms with Crippen LogP contribution in [0.2, 0.25) is 0 Å². The maximum absolute atomic E-state index is 12.7. The zero-order valence-electron chi connectivity index (χ0n) is 24.0. The van der Waals surface area contributed by atoms with Crippen molar-refractivity contribution in [1.29, 1.82) is 0 Å². The minimum atomic E-state index is -0.607. The molecule has 0 aliphatic carbocycles. The first-order chi connectivity index (χ1) is 20.0. The van der Waals surface area contributed by atoms with Crippen LogP contribution in [0, 0.1) is 6.92 Å². The number of nitrogens with two attached hydrogens (primary N) is 1. The summed E-state index contributed by atoms with van der Waals surface area (Å²) in [6, 6.07) is 19.0. The summed E-state index contributed by atoms with van der Waals surface area (Å²) in [6.07, 6.45) is -0.506. The number of thioether (sulfide) groups is 1. The summed E-state index contributed by atoms with van der Waals surface area (Å²) in [7, 11) is 0. The monoisotopic (exact) mass is 583 g/mol. The Bertz CT molecular complexity index is 1730. The quantitative estimate of drug-likeness (QED) is 0.211. The van der Waals surface area contributed by atoms with Crippen LogP contribution >= 0.6 is 11.8 Å². The number of nitrogens with one attached hydrogen (secondary N) is 3. The van der Waals surface area contributed by atoms with Crippen molar-refractivity contribution in [2.45, 2.75) is 39.8 Å². The van der Waals surface area contributed by atoms with Gasteiger partial charge in [0.25, 0.3) is 11.8 Å². The van der Waals surface area contributed by atoms with Gasteiger partial charge in [-0.15, -0.1) is 0 Å². The van der Waals surface area contributed by atoms with Crippen LogP contribution in [0.15, 0.2) is 65.7 Å². The summed E-state index contributed by atoms with van der Waals surface area (Å²) in [5.41, 5.74) is 12.0. The molecule has 0 unspecified atom stereocenters. The third kappa shape index (κ3) is 6.18. The van der Waals surface area contributed by atoms with Crippen molar-refractivity contribution in [1.82, 2.24) is 10.3 Å². The normalized spacial score (nSPS) is 13.1. The number of amides is 3. The van der Waals surface area contributed by atoms with Crippen LogP contribution in [-0.4, -0.2) is 45.8 Å². The van der Waals surface area contributed by atoms with Crippen molar-refractivity contribution in [2.75, 3.05) is 17.6 Å². The largest absolute Gasteiger partial charge is 0.444 e. The van der Waals surface area contributed by atoms with E-state index in [0.29, 0.717) is 28.4 Å². The average Bonchev–Trinajstić information content (AvgIpc) is 3.63. The molecule has 1 aromatic heterocycles. The number of hydrogen-bond donors (Lipinski definition) is 4. The number of benzene rings is 3. The first-order valence-electron chi connectivity index (χ1n) is 13.6. The molecule has 5 rings (SSSR count). The predicted octanol–water partition coefficient (Wildman–Crippen LogP) is 6.02.